The SMILES string of the molecule is CCn1ncc(Br)c1C(=O)C1(C)COCC1N. The van der Waals surface area contributed by atoms with E-state index in [1.54, 1.807) is 10.9 Å². The number of ketones is 1. The van der Waals surface area contributed by atoms with Gasteiger partial charge in [0, 0.05) is 12.6 Å². The minimum Gasteiger partial charge on any atom is -0.379 e. The third-order valence-electron chi connectivity index (χ3n) is 3.35. The fraction of sp³-hybridized carbons (Fsp3) is 0.636. The minimum absolute atomic E-state index is 0.00581. The zero-order chi connectivity index (χ0) is 12.6. The van der Waals surface area contributed by atoms with Crippen molar-refractivity contribution in [3.8, 4) is 0 Å². The molecule has 1 fully saturated rings. The molecular weight excluding hydrogens is 286 g/mol. The van der Waals surface area contributed by atoms with Crippen molar-refractivity contribution >= 4 is 21.7 Å². The van der Waals surface area contributed by atoms with E-state index in [1.807, 2.05) is 13.8 Å². The van der Waals surface area contributed by atoms with Gasteiger partial charge in [-0.25, -0.2) is 0 Å². The van der Waals surface area contributed by atoms with Crippen LogP contribution in [0.2, 0.25) is 0 Å². The van der Waals surface area contributed by atoms with Crippen molar-refractivity contribution in [2.75, 3.05) is 13.2 Å². The molecule has 2 N–H and O–H groups in total. The highest BCUT2D eigenvalue weighted by Crippen LogP contribution is 2.33. The Morgan fingerprint density at radius 3 is 3.06 bits per heavy atom. The van der Waals surface area contributed by atoms with E-state index in [9.17, 15) is 4.79 Å². The lowest BCUT2D eigenvalue weighted by molar-refractivity contribution is 0.0755. The molecular formula is C11H16BrN3O2. The summed E-state index contributed by atoms with van der Waals surface area (Å²) in [6, 6.07) is -0.262. The maximum atomic E-state index is 12.6. The van der Waals surface area contributed by atoms with Gasteiger partial charge in [-0.15, -0.1) is 0 Å². The van der Waals surface area contributed by atoms with Gasteiger partial charge in [0.15, 0.2) is 5.78 Å². The second kappa shape index (κ2) is 4.51. The number of Topliss-reactive ketones (excluding diaryl/α,β-unsaturated/α-hetero) is 1. The van der Waals surface area contributed by atoms with Gasteiger partial charge in [0.1, 0.15) is 5.69 Å². The van der Waals surface area contributed by atoms with E-state index in [2.05, 4.69) is 21.0 Å². The molecule has 0 aromatic carbocycles. The Hall–Kier alpha value is -0.720. The molecule has 0 spiro atoms. The molecule has 0 saturated carbocycles. The van der Waals surface area contributed by atoms with E-state index in [4.69, 9.17) is 10.5 Å². The number of hydrogen-bond donors (Lipinski definition) is 1. The van der Waals surface area contributed by atoms with E-state index in [-0.39, 0.29) is 11.8 Å². The number of aryl methyl sites for hydroxylation is 1. The number of halogens is 1. The summed E-state index contributed by atoms with van der Waals surface area (Å²) < 4.78 is 7.71. The summed E-state index contributed by atoms with van der Waals surface area (Å²) in [5, 5.41) is 4.15. The molecule has 6 heteroatoms. The van der Waals surface area contributed by atoms with Gasteiger partial charge in [0.2, 0.25) is 0 Å². The number of aromatic nitrogens is 2. The number of carbonyl (C=O) groups is 1. The Kier molecular flexibility index (Phi) is 3.38. The Balaban J connectivity index is 2.40. The average molecular weight is 302 g/mol. The summed E-state index contributed by atoms with van der Waals surface area (Å²) in [5.74, 6) is -0.00581. The summed E-state index contributed by atoms with van der Waals surface area (Å²) in [7, 11) is 0. The molecule has 94 valence electrons. The predicted octanol–water partition coefficient (Wildman–Crippen LogP) is 1.21. The number of ether oxygens (including phenoxy) is 1. The first-order chi connectivity index (χ1) is 8.00. The van der Waals surface area contributed by atoms with Gasteiger partial charge < -0.3 is 10.5 Å². The maximum Gasteiger partial charge on any atom is 0.191 e. The third-order valence-corrected chi connectivity index (χ3v) is 3.93. The standard InChI is InChI=1S/C11H16BrN3O2/c1-3-15-9(7(12)4-14-15)10(16)11(2)6-17-5-8(11)13/h4,8H,3,5-6,13H2,1-2H3. The van der Waals surface area contributed by atoms with Crippen LogP contribution in [0.5, 0.6) is 0 Å². The predicted molar refractivity (Wildman–Crippen MR) is 66.8 cm³/mol. The van der Waals surface area contributed by atoms with Crippen LogP contribution in [-0.4, -0.2) is 34.8 Å². The normalized spacial score (nSPS) is 28.6. The van der Waals surface area contributed by atoms with E-state index in [1.165, 1.54) is 0 Å². The van der Waals surface area contributed by atoms with Crippen LogP contribution in [-0.2, 0) is 11.3 Å². The fourth-order valence-electron chi connectivity index (χ4n) is 2.02. The number of rotatable bonds is 3. The van der Waals surface area contributed by atoms with Crippen molar-refractivity contribution in [3.63, 3.8) is 0 Å². The molecule has 1 aliphatic heterocycles. The fourth-order valence-corrected chi connectivity index (χ4v) is 2.50. The molecule has 0 aliphatic carbocycles. The van der Waals surface area contributed by atoms with Gasteiger partial charge in [-0.3, -0.25) is 9.48 Å². The van der Waals surface area contributed by atoms with Gasteiger partial charge in [-0.2, -0.15) is 5.10 Å². The molecule has 2 unspecified atom stereocenters. The van der Waals surface area contributed by atoms with Crippen LogP contribution in [0.3, 0.4) is 0 Å². The van der Waals surface area contributed by atoms with Gasteiger partial charge in [0.25, 0.3) is 0 Å². The molecule has 17 heavy (non-hydrogen) atoms. The van der Waals surface area contributed by atoms with E-state index in [0.29, 0.717) is 29.9 Å². The van der Waals surface area contributed by atoms with E-state index >= 15 is 0 Å². The number of nitrogens with zero attached hydrogens (tertiary/aromatic N) is 2. The quantitative estimate of drug-likeness (QED) is 0.852. The lowest BCUT2D eigenvalue weighted by atomic mass is 9.80. The molecule has 0 radical (unpaired) electrons. The second-order valence-electron chi connectivity index (χ2n) is 4.53. The second-order valence-corrected chi connectivity index (χ2v) is 5.38. The number of nitrogens with two attached hydrogens (primary N) is 1. The van der Waals surface area contributed by atoms with Crippen molar-refractivity contribution in [1.29, 1.82) is 0 Å². The van der Waals surface area contributed by atoms with E-state index in [0.717, 1.165) is 0 Å². The topological polar surface area (TPSA) is 70.1 Å². The summed E-state index contributed by atoms with van der Waals surface area (Å²) >= 11 is 3.36. The average Bonchev–Trinajstić information content (AvgIpc) is 2.83. The van der Waals surface area contributed by atoms with Crippen LogP contribution in [0.15, 0.2) is 10.7 Å². The van der Waals surface area contributed by atoms with Crippen LogP contribution < -0.4 is 5.73 Å². The minimum atomic E-state index is -0.657. The third kappa shape index (κ3) is 1.94. The van der Waals surface area contributed by atoms with Crippen molar-refractivity contribution in [2.45, 2.75) is 26.4 Å². The van der Waals surface area contributed by atoms with Crippen molar-refractivity contribution in [1.82, 2.24) is 9.78 Å². The first kappa shape index (κ1) is 12.7. The van der Waals surface area contributed by atoms with Crippen LogP contribution >= 0.6 is 15.9 Å². The molecule has 2 heterocycles. The Labute approximate surface area is 108 Å². The zero-order valence-electron chi connectivity index (χ0n) is 9.94. The Morgan fingerprint density at radius 1 is 1.82 bits per heavy atom. The zero-order valence-corrected chi connectivity index (χ0v) is 11.5. The summed E-state index contributed by atoms with van der Waals surface area (Å²) in [6.45, 7) is 5.25. The smallest absolute Gasteiger partial charge is 0.191 e. The van der Waals surface area contributed by atoms with E-state index < -0.39 is 5.41 Å². The Bertz CT molecular complexity index is 446. The van der Waals surface area contributed by atoms with Gasteiger partial charge in [0.05, 0.1) is 29.3 Å². The molecule has 2 atom stereocenters. The van der Waals surface area contributed by atoms with Gasteiger partial charge in [-0.1, -0.05) is 0 Å². The molecule has 1 aromatic rings. The van der Waals surface area contributed by atoms with Crippen molar-refractivity contribution in [2.24, 2.45) is 11.1 Å². The highest BCUT2D eigenvalue weighted by Gasteiger charge is 2.46. The Morgan fingerprint density at radius 2 is 2.53 bits per heavy atom. The highest BCUT2D eigenvalue weighted by molar-refractivity contribution is 9.10. The molecule has 2 rings (SSSR count). The number of hydrogen-bond acceptors (Lipinski definition) is 4. The largest absolute Gasteiger partial charge is 0.379 e. The molecule has 5 nitrogen and oxygen atoms in total. The van der Waals surface area contributed by atoms with Crippen molar-refractivity contribution in [3.05, 3.63) is 16.4 Å². The molecule has 0 amide bonds. The van der Waals surface area contributed by atoms with Crippen LogP contribution in [0.1, 0.15) is 24.3 Å². The van der Waals surface area contributed by atoms with Crippen LogP contribution in [0.25, 0.3) is 0 Å². The highest BCUT2D eigenvalue weighted by atomic mass is 79.9. The molecule has 1 saturated heterocycles. The molecule has 1 aromatic heterocycles. The maximum absolute atomic E-state index is 12.6. The van der Waals surface area contributed by atoms with Gasteiger partial charge in [-0.05, 0) is 29.8 Å². The summed E-state index contributed by atoms with van der Waals surface area (Å²) in [5.41, 5.74) is 5.89. The van der Waals surface area contributed by atoms with Crippen LogP contribution in [0.4, 0.5) is 0 Å². The molecule has 1 aliphatic rings. The van der Waals surface area contributed by atoms with Crippen molar-refractivity contribution < 1.29 is 9.53 Å². The lowest BCUT2D eigenvalue weighted by Crippen LogP contribution is -2.45. The summed E-state index contributed by atoms with van der Waals surface area (Å²) in [6.07, 6.45) is 1.64. The first-order valence-electron chi connectivity index (χ1n) is 5.60. The lowest BCUT2D eigenvalue weighted by Gasteiger charge is -2.25. The monoisotopic (exact) mass is 301 g/mol. The summed E-state index contributed by atoms with van der Waals surface area (Å²) in [4.78, 5) is 12.6. The van der Waals surface area contributed by atoms with Crippen LogP contribution in [0, 0.1) is 5.41 Å². The molecule has 0 bridgehead atoms. The number of carbonyl (C=O) groups excluding carboxylic acids is 1. The first-order valence-corrected chi connectivity index (χ1v) is 6.39. The van der Waals surface area contributed by atoms with Gasteiger partial charge >= 0.3 is 0 Å².